The van der Waals surface area contributed by atoms with E-state index in [4.69, 9.17) is 0 Å². The first-order valence-corrected chi connectivity index (χ1v) is 4.01. The van der Waals surface area contributed by atoms with Crippen LogP contribution >= 0.6 is 0 Å². The molecule has 0 aliphatic rings. The van der Waals surface area contributed by atoms with Gasteiger partial charge in [0.25, 0.3) is 0 Å². The van der Waals surface area contributed by atoms with Crippen LogP contribution in [0.4, 0.5) is 17.3 Å². The van der Waals surface area contributed by atoms with Crippen LogP contribution in [0.2, 0.25) is 0 Å². The molecule has 0 heterocycles. The average Bonchev–Trinajstić information content (AvgIpc) is 2.14. The summed E-state index contributed by atoms with van der Waals surface area (Å²) in [4.78, 5) is 10.2. The fraction of sp³-hybridized carbons (Fsp3) is 0.125. The van der Waals surface area contributed by atoms with E-state index >= 15 is 0 Å². The zero-order valence-corrected chi connectivity index (χ0v) is 7.42. The van der Waals surface area contributed by atoms with Gasteiger partial charge >= 0.3 is 6.98 Å². The van der Waals surface area contributed by atoms with Crippen LogP contribution in [-0.4, -0.2) is 19.8 Å². The molecule has 0 radical (unpaired) electrons. The van der Waals surface area contributed by atoms with Crippen LogP contribution in [0.15, 0.2) is 18.2 Å². The molecule has 0 aliphatic carbocycles. The molecule has 2 nitrogen and oxygen atoms in total. The number of rotatable bonds is 4. The Labute approximate surface area is 82.9 Å². The van der Waals surface area contributed by atoms with Crippen LogP contribution in [0.1, 0.15) is 10.4 Å². The summed E-state index contributed by atoms with van der Waals surface area (Å²) in [5.41, 5.74) is 0.0392. The van der Waals surface area contributed by atoms with Crippen molar-refractivity contribution in [3.8, 4) is 5.75 Å². The van der Waals surface area contributed by atoms with Crippen molar-refractivity contribution in [2.45, 2.75) is 0 Å². The Bertz CT molecular complexity index is 364. The number of aldehydes is 1. The Morgan fingerprint density at radius 1 is 1.33 bits per heavy atom. The highest BCUT2D eigenvalue weighted by atomic mass is 19.4. The highest BCUT2D eigenvalue weighted by Crippen LogP contribution is 2.19. The van der Waals surface area contributed by atoms with Crippen LogP contribution in [0.5, 0.6) is 5.75 Å². The van der Waals surface area contributed by atoms with E-state index < -0.39 is 25.1 Å². The van der Waals surface area contributed by atoms with Crippen LogP contribution in [0.25, 0.3) is 0 Å². The van der Waals surface area contributed by atoms with Crippen molar-refractivity contribution in [2.75, 3.05) is 6.51 Å². The molecule has 0 bridgehead atoms. The second kappa shape index (κ2) is 4.33. The summed E-state index contributed by atoms with van der Waals surface area (Å²) >= 11 is 0. The molecule has 82 valence electrons. The van der Waals surface area contributed by atoms with Gasteiger partial charge in [-0.05, 0) is 18.2 Å². The lowest BCUT2D eigenvalue weighted by atomic mass is 9.95. The van der Waals surface area contributed by atoms with E-state index in [9.17, 15) is 22.1 Å². The third-order valence-electron chi connectivity index (χ3n) is 1.52. The summed E-state index contributed by atoms with van der Waals surface area (Å²) in [6, 6.07) is 2.97. The molecule has 1 aromatic rings. The predicted octanol–water partition coefficient (Wildman–Crippen LogP) is 2.40. The maximum atomic E-state index is 13.0. The minimum absolute atomic E-state index is 0.0392. The van der Waals surface area contributed by atoms with Crippen molar-refractivity contribution in [3.63, 3.8) is 0 Å². The maximum absolute atomic E-state index is 13.0. The SMILES string of the molecule is O=Cc1ccc(OC[B-](F)(F)F)c(F)c1. The van der Waals surface area contributed by atoms with E-state index in [0.717, 1.165) is 12.1 Å². The first-order chi connectivity index (χ1) is 6.92. The number of hydrogen-bond acceptors (Lipinski definition) is 2. The first-order valence-electron chi connectivity index (χ1n) is 4.01. The van der Waals surface area contributed by atoms with E-state index in [2.05, 4.69) is 4.74 Å². The zero-order chi connectivity index (χ0) is 11.5. The molecule has 0 N–H and O–H groups in total. The Morgan fingerprint density at radius 2 is 2.00 bits per heavy atom. The number of ether oxygens (including phenoxy) is 1. The smallest absolute Gasteiger partial charge is 0.515 e. The van der Waals surface area contributed by atoms with E-state index in [1.807, 2.05) is 0 Å². The summed E-state index contributed by atoms with van der Waals surface area (Å²) in [5, 5.41) is 0. The minimum atomic E-state index is -5.11. The number of hydrogen-bond donors (Lipinski definition) is 0. The molecular weight excluding hydrogens is 215 g/mol. The van der Waals surface area contributed by atoms with Crippen molar-refractivity contribution in [3.05, 3.63) is 29.6 Å². The predicted molar refractivity (Wildman–Crippen MR) is 46.4 cm³/mol. The summed E-state index contributed by atoms with van der Waals surface area (Å²) in [5.74, 6) is -1.50. The summed E-state index contributed by atoms with van der Waals surface area (Å²) in [7, 11) is 0. The molecule has 15 heavy (non-hydrogen) atoms. The van der Waals surface area contributed by atoms with Crippen LogP contribution in [0.3, 0.4) is 0 Å². The molecule has 0 aliphatic heterocycles. The zero-order valence-electron chi connectivity index (χ0n) is 7.42. The summed E-state index contributed by atoms with van der Waals surface area (Å²) in [6.07, 6.45) is 0.389. The van der Waals surface area contributed by atoms with E-state index in [1.165, 1.54) is 6.07 Å². The highest BCUT2D eigenvalue weighted by Gasteiger charge is 2.24. The molecule has 0 saturated carbocycles. The van der Waals surface area contributed by atoms with Gasteiger partial charge in [-0.15, -0.1) is 0 Å². The van der Waals surface area contributed by atoms with Gasteiger partial charge < -0.3 is 17.7 Å². The lowest BCUT2D eigenvalue weighted by molar-refractivity contribution is 0.112. The second-order valence-corrected chi connectivity index (χ2v) is 2.83. The third-order valence-corrected chi connectivity index (χ3v) is 1.52. The van der Waals surface area contributed by atoms with Gasteiger partial charge in [0, 0.05) is 5.56 Å². The molecule has 0 spiro atoms. The van der Waals surface area contributed by atoms with Crippen molar-refractivity contribution < 1.29 is 26.9 Å². The normalized spacial score (nSPS) is 11.2. The van der Waals surface area contributed by atoms with Gasteiger partial charge in [0.1, 0.15) is 6.29 Å². The highest BCUT2D eigenvalue weighted by molar-refractivity contribution is 6.58. The van der Waals surface area contributed by atoms with Gasteiger partial charge in [-0.2, -0.15) is 0 Å². The summed E-state index contributed by atoms with van der Waals surface area (Å²) < 4.78 is 52.5. The Kier molecular flexibility index (Phi) is 3.33. The lowest BCUT2D eigenvalue weighted by Crippen LogP contribution is -2.26. The summed E-state index contributed by atoms with van der Waals surface area (Å²) in [6.45, 7) is -6.62. The van der Waals surface area contributed by atoms with Crippen LogP contribution in [0, 0.1) is 5.82 Å². The van der Waals surface area contributed by atoms with Gasteiger partial charge in [-0.1, -0.05) is 0 Å². The molecule has 0 atom stereocenters. The number of carbonyl (C=O) groups is 1. The third kappa shape index (κ3) is 3.61. The van der Waals surface area contributed by atoms with Crippen molar-refractivity contribution in [1.82, 2.24) is 0 Å². The van der Waals surface area contributed by atoms with Crippen molar-refractivity contribution in [1.29, 1.82) is 0 Å². The fourth-order valence-electron chi connectivity index (χ4n) is 0.892. The molecule has 0 fully saturated rings. The lowest BCUT2D eigenvalue weighted by Gasteiger charge is -2.15. The molecule has 0 saturated heterocycles. The first kappa shape index (κ1) is 11.5. The van der Waals surface area contributed by atoms with Crippen LogP contribution < -0.4 is 4.74 Å². The quantitative estimate of drug-likeness (QED) is 0.443. The molecule has 1 aromatic carbocycles. The number of carbonyl (C=O) groups excluding carboxylic acids is 1. The van der Waals surface area contributed by atoms with Gasteiger partial charge in [-0.3, -0.25) is 4.79 Å². The van der Waals surface area contributed by atoms with Gasteiger partial charge in [0.2, 0.25) is 0 Å². The van der Waals surface area contributed by atoms with Gasteiger partial charge in [0.05, 0.1) is 6.51 Å². The Balaban J connectivity index is 2.74. The maximum Gasteiger partial charge on any atom is 0.515 e. The second-order valence-electron chi connectivity index (χ2n) is 2.83. The fourth-order valence-corrected chi connectivity index (χ4v) is 0.892. The Hall–Kier alpha value is -1.53. The van der Waals surface area contributed by atoms with Gasteiger partial charge in [0.15, 0.2) is 11.6 Å². The topological polar surface area (TPSA) is 26.3 Å². The largest absolute Gasteiger partial charge is 0.519 e. The standard InChI is InChI=1S/C8H6BF4O2/c10-7-3-6(4-14)1-2-8(7)15-5-9(11,12)13/h1-4H,5H2/q-1. The molecular formula is C8H6BF4O2-. The monoisotopic (exact) mass is 221 g/mol. The number of benzene rings is 1. The molecule has 0 unspecified atom stereocenters. The Morgan fingerprint density at radius 3 is 2.47 bits per heavy atom. The average molecular weight is 221 g/mol. The molecule has 7 heteroatoms. The van der Waals surface area contributed by atoms with E-state index in [0.29, 0.717) is 6.29 Å². The minimum Gasteiger partial charge on any atom is -0.519 e. The van der Waals surface area contributed by atoms with E-state index in [1.54, 1.807) is 0 Å². The van der Waals surface area contributed by atoms with Crippen LogP contribution in [-0.2, 0) is 0 Å². The molecule has 0 amide bonds. The van der Waals surface area contributed by atoms with Crippen molar-refractivity contribution in [2.24, 2.45) is 0 Å². The number of halogens is 4. The van der Waals surface area contributed by atoms with Crippen molar-refractivity contribution >= 4 is 13.3 Å². The molecule has 0 aromatic heterocycles. The molecule has 1 rings (SSSR count). The van der Waals surface area contributed by atoms with Gasteiger partial charge in [-0.25, -0.2) is 4.39 Å². The van der Waals surface area contributed by atoms with E-state index in [-0.39, 0.29) is 5.56 Å².